The van der Waals surface area contributed by atoms with Crippen LogP contribution in [0, 0.1) is 18.3 Å². The molecule has 0 saturated heterocycles. The summed E-state index contributed by atoms with van der Waals surface area (Å²) in [5.41, 5.74) is 0.209. The minimum Gasteiger partial charge on any atom is -0.298 e. The first-order chi connectivity index (χ1) is 10.9. The maximum absolute atomic E-state index is 12.2. The third kappa shape index (κ3) is 4.59. The fraction of sp³-hybridized carbons (Fsp3) is 0.214. The van der Waals surface area contributed by atoms with Crippen LogP contribution in [0.25, 0.3) is 0 Å². The van der Waals surface area contributed by atoms with Gasteiger partial charge in [0.05, 0.1) is 11.0 Å². The maximum atomic E-state index is 12.2. The van der Waals surface area contributed by atoms with E-state index in [1.54, 1.807) is 6.20 Å². The van der Waals surface area contributed by atoms with Gasteiger partial charge in [0.2, 0.25) is 10.0 Å². The van der Waals surface area contributed by atoms with E-state index < -0.39 is 15.9 Å². The molecule has 0 aliphatic rings. The number of nitrogens with zero attached hydrogens (tertiary/aromatic N) is 2. The van der Waals surface area contributed by atoms with Crippen molar-refractivity contribution in [2.75, 3.05) is 11.9 Å². The molecule has 1 heterocycles. The Labute approximate surface area is 138 Å². The molecule has 7 nitrogen and oxygen atoms in total. The number of hydrogen-bond donors (Lipinski definition) is 2. The Morgan fingerprint density at radius 1 is 1.43 bits per heavy atom. The molecule has 9 heteroatoms. The highest BCUT2D eigenvalue weighted by Gasteiger charge is 2.16. The molecule has 23 heavy (non-hydrogen) atoms. The molecule has 0 fully saturated rings. The Balaban J connectivity index is 2.16. The van der Waals surface area contributed by atoms with E-state index in [9.17, 15) is 13.2 Å². The van der Waals surface area contributed by atoms with Crippen LogP contribution in [0.2, 0.25) is 0 Å². The van der Waals surface area contributed by atoms with Crippen molar-refractivity contribution < 1.29 is 13.2 Å². The first-order valence-electron chi connectivity index (χ1n) is 6.63. The molecular weight excluding hydrogens is 336 g/mol. The Bertz CT molecular complexity index is 853. The number of anilines is 1. The summed E-state index contributed by atoms with van der Waals surface area (Å²) in [7, 11) is -3.75. The fourth-order valence-corrected chi connectivity index (χ4v) is 3.45. The van der Waals surface area contributed by atoms with Gasteiger partial charge in [-0.2, -0.15) is 5.26 Å². The van der Waals surface area contributed by atoms with Gasteiger partial charge in [-0.3, -0.25) is 10.1 Å². The Kier molecular flexibility index (Phi) is 5.44. The summed E-state index contributed by atoms with van der Waals surface area (Å²) in [6.07, 6.45) is 1.71. The van der Waals surface area contributed by atoms with Crippen molar-refractivity contribution in [3.8, 4) is 6.07 Å². The molecule has 0 bridgehead atoms. The van der Waals surface area contributed by atoms with Gasteiger partial charge in [-0.05, 0) is 25.1 Å². The summed E-state index contributed by atoms with van der Waals surface area (Å²) in [6.45, 7) is 1.89. The number of aryl methyl sites for hydroxylation is 1. The molecule has 0 saturated carbocycles. The molecule has 0 atom stereocenters. The number of hydrogen-bond acceptors (Lipinski definition) is 6. The van der Waals surface area contributed by atoms with E-state index in [0.717, 1.165) is 4.88 Å². The average Bonchev–Trinajstić information content (AvgIpc) is 2.92. The van der Waals surface area contributed by atoms with Crippen molar-refractivity contribution in [3.63, 3.8) is 0 Å². The lowest BCUT2D eigenvalue weighted by Gasteiger charge is -2.07. The lowest BCUT2D eigenvalue weighted by Crippen LogP contribution is -2.25. The molecule has 2 aromatic rings. The van der Waals surface area contributed by atoms with Crippen molar-refractivity contribution in [2.45, 2.75) is 18.2 Å². The summed E-state index contributed by atoms with van der Waals surface area (Å²) >= 11 is 1.33. The van der Waals surface area contributed by atoms with Gasteiger partial charge in [0.15, 0.2) is 5.13 Å². The number of nitrogens with one attached hydrogen (secondary N) is 2. The Morgan fingerprint density at radius 3 is 2.87 bits per heavy atom. The average molecular weight is 350 g/mol. The first kappa shape index (κ1) is 17.1. The molecule has 1 aromatic carbocycles. The predicted molar refractivity (Wildman–Crippen MR) is 86.7 cm³/mol. The lowest BCUT2D eigenvalue weighted by atomic mass is 10.2. The van der Waals surface area contributed by atoms with E-state index in [1.165, 1.54) is 35.6 Å². The van der Waals surface area contributed by atoms with Gasteiger partial charge in [0.1, 0.15) is 0 Å². The number of carbonyl (C=O) groups is 1. The molecule has 2 N–H and O–H groups in total. The highest BCUT2D eigenvalue weighted by Crippen LogP contribution is 2.18. The van der Waals surface area contributed by atoms with Crippen LogP contribution in [0.4, 0.5) is 5.13 Å². The van der Waals surface area contributed by atoms with E-state index in [2.05, 4.69) is 15.0 Å². The van der Waals surface area contributed by atoms with Gasteiger partial charge in [0.25, 0.3) is 5.91 Å². The van der Waals surface area contributed by atoms with Crippen molar-refractivity contribution in [1.29, 1.82) is 5.26 Å². The molecule has 1 amide bonds. The smallest absolute Gasteiger partial charge is 0.257 e. The third-order valence-corrected chi connectivity index (χ3v) is 5.06. The van der Waals surface area contributed by atoms with Gasteiger partial charge in [-0.25, -0.2) is 18.1 Å². The van der Waals surface area contributed by atoms with Crippen LogP contribution < -0.4 is 10.0 Å². The minimum atomic E-state index is -3.75. The second-order valence-corrected chi connectivity index (χ2v) is 7.57. The van der Waals surface area contributed by atoms with Crippen LogP contribution in [0.1, 0.15) is 21.7 Å². The third-order valence-electron chi connectivity index (χ3n) is 2.78. The summed E-state index contributed by atoms with van der Waals surface area (Å²) in [5, 5.41) is 11.5. The second kappa shape index (κ2) is 7.32. The fourth-order valence-electron chi connectivity index (χ4n) is 1.71. The summed E-state index contributed by atoms with van der Waals surface area (Å²) in [4.78, 5) is 17.1. The van der Waals surface area contributed by atoms with Crippen LogP contribution in [0.15, 0.2) is 35.4 Å². The Morgan fingerprint density at radius 2 is 2.22 bits per heavy atom. The number of rotatable bonds is 6. The predicted octanol–water partition coefficient (Wildman–Crippen LogP) is 1.90. The first-order valence-corrected chi connectivity index (χ1v) is 8.93. The molecule has 0 unspecified atom stereocenters. The molecule has 0 spiro atoms. The van der Waals surface area contributed by atoms with E-state index in [0.29, 0.717) is 5.13 Å². The number of carbonyl (C=O) groups excluding carboxylic acids is 1. The number of amides is 1. The molecule has 120 valence electrons. The van der Waals surface area contributed by atoms with Gasteiger partial charge in [-0.1, -0.05) is 6.07 Å². The zero-order valence-corrected chi connectivity index (χ0v) is 13.9. The molecule has 0 radical (unpaired) electrons. The van der Waals surface area contributed by atoms with Crippen LogP contribution in [0.5, 0.6) is 0 Å². The van der Waals surface area contributed by atoms with Crippen molar-refractivity contribution in [3.05, 3.63) is 40.9 Å². The molecule has 0 aliphatic heterocycles. The van der Waals surface area contributed by atoms with E-state index in [1.807, 2.05) is 13.0 Å². The summed E-state index contributed by atoms with van der Waals surface area (Å²) < 4.78 is 26.5. The number of thiazole rings is 1. The highest BCUT2D eigenvalue weighted by atomic mass is 32.2. The molecule has 0 aliphatic carbocycles. The van der Waals surface area contributed by atoms with Crippen molar-refractivity contribution in [1.82, 2.24) is 9.71 Å². The number of sulfonamides is 1. The van der Waals surface area contributed by atoms with Crippen LogP contribution in [-0.2, 0) is 10.0 Å². The van der Waals surface area contributed by atoms with Gasteiger partial charge < -0.3 is 0 Å². The second-order valence-electron chi connectivity index (χ2n) is 4.56. The number of nitriles is 1. The van der Waals surface area contributed by atoms with Crippen LogP contribution in [-0.4, -0.2) is 25.9 Å². The summed E-state index contributed by atoms with van der Waals surface area (Å²) in [6, 6.07) is 7.53. The summed E-state index contributed by atoms with van der Waals surface area (Å²) in [5.74, 6) is -0.437. The van der Waals surface area contributed by atoms with E-state index in [-0.39, 0.29) is 23.4 Å². The topological polar surface area (TPSA) is 112 Å². The van der Waals surface area contributed by atoms with Crippen LogP contribution >= 0.6 is 11.3 Å². The molecule has 2 rings (SSSR count). The number of aromatic nitrogens is 1. The van der Waals surface area contributed by atoms with Gasteiger partial charge in [-0.15, -0.1) is 11.3 Å². The Hall–Kier alpha value is -2.28. The zero-order valence-electron chi connectivity index (χ0n) is 12.2. The van der Waals surface area contributed by atoms with E-state index in [4.69, 9.17) is 5.26 Å². The minimum absolute atomic E-state index is 0.0215. The molecule has 1 aromatic heterocycles. The van der Waals surface area contributed by atoms with Crippen LogP contribution in [0.3, 0.4) is 0 Å². The molecular formula is C14H14N4O3S2. The monoisotopic (exact) mass is 350 g/mol. The van der Waals surface area contributed by atoms with Gasteiger partial charge in [0, 0.05) is 29.6 Å². The lowest BCUT2D eigenvalue weighted by molar-refractivity contribution is 0.102. The van der Waals surface area contributed by atoms with Crippen molar-refractivity contribution in [2.24, 2.45) is 0 Å². The number of benzene rings is 1. The zero-order chi connectivity index (χ0) is 16.9. The largest absolute Gasteiger partial charge is 0.298 e. The quantitative estimate of drug-likeness (QED) is 0.773. The maximum Gasteiger partial charge on any atom is 0.257 e. The SMILES string of the molecule is Cc1cnc(NC(=O)c2cccc(S(=O)(=O)NCCC#N)c2)s1. The van der Waals surface area contributed by atoms with Gasteiger partial charge >= 0.3 is 0 Å². The normalized spacial score (nSPS) is 11.0. The standard InChI is InChI=1S/C14H14N4O3S2/c1-10-9-16-14(22-10)18-13(19)11-4-2-5-12(8-11)23(20,21)17-7-3-6-15/h2,4-5,8-9,17H,3,7H2,1H3,(H,16,18,19). The van der Waals surface area contributed by atoms with Crippen molar-refractivity contribution >= 4 is 32.4 Å². The van der Waals surface area contributed by atoms with E-state index >= 15 is 0 Å². The highest BCUT2D eigenvalue weighted by molar-refractivity contribution is 7.89.